The minimum absolute atomic E-state index is 0.344. The second kappa shape index (κ2) is 7.17. The number of nitrogens with zero attached hydrogens (tertiary/aromatic N) is 3. The van der Waals surface area contributed by atoms with E-state index in [-0.39, 0.29) is 6.23 Å². The molecule has 0 saturated heterocycles. The van der Waals surface area contributed by atoms with Crippen molar-refractivity contribution in [3.8, 4) is 17.1 Å². The molecule has 3 aromatic rings. The topological polar surface area (TPSA) is 59.9 Å². The summed E-state index contributed by atoms with van der Waals surface area (Å²) in [6.07, 6.45) is 3.68. The maximum Gasteiger partial charge on any atom is 0.247 e. The average Bonchev–Trinajstić information content (AvgIpc) is 2.85. The summed E-state index contributed by atoms with van der Waals surface area (Å²) in [7, 11) is 0. The third kappa shape index (κ3) is 3.28. The van der Waals surface area contributed by atoms with E-state index in [1.807, 2.05) is 55.6 Å². The normalized spacial score (nSPS) is 15.9. The van der Waals surface area contributed by atoms with E-state index in [1.54, 1.807) is 0 Å². The van der Waals surface area contributed by atoms with Crippen LogP contribution in [0.4, 0.5) is 5.69 Å². The summed E-state index contributed by atoms with van der Waals surface area (Å²) in [6, 6.07) is 18.2. The van der Waals surface area contributed by atoms with Gasteiger partial charge in [-0.25, -0.2) is 0 Å². The van der Waals surface area contributed by atoms with Gasteiger partial charge in [0.1, 0.15) is 0 Å². The van der Waals surface area contributed by atoms with Gasteiger partial charge in [0, 0.05) is 11.3 Å². The molecule has 0 aliphatic carbocycles. The molecule has 0 amide bonds. The number of rotatable bonds is 3. The van der Waals surface area contributed by atoms with Crippen LogP contribution < -0.4 is 10.1 Å². The van der Waals surface area contributed by atoms with Crippen molar-refractivity contribution in [3.05, 3.63) is 65.7 Å². The molecule has 1 aliphatic rings. The van der Waals surface area contributed by atoms with Crippen LogP contribution in [-0.4, -0.2) is 27.7 Å². The number of thioether (sulfide) groups is 1. The van der Waals surface area contributed by atoms with Crippen LogP contribution >= 0.6 is 11.8 Å². The van der Waals surface area contributed by atoms with Crippen LogP contribution in [0.5, 0.6) is 5.88 Å². The second-order valence-corrected chi connectivity index (χ2v) is 6.71. The SMILES string of the molecule is CSc1nnc2c(n1)OC(/C(C)=C/c1ccccc1)Nc1ccccc1-2. The number of hydrogen-bond acceptors (Lipinski definition) is 6. The molecule has 1 unspecified atom stereocenters. The lowest BCUT2D eigenvalue weighted by molar-refractivity contribution is 0.255. The van der Waals surface area contributed by atoms with Gasteiger partial charge in [0.05, 0.1) is 0 Å². The van der Waals surface area contributed by atoms with Crippen LogP contribution in [0.1, 0.15) is 12.5 Å². The highest BCUT2D eigenvalue weighted by Crippen LogP contribution is 2.37. The van der Waals surface area contributed by atoms with E-state index in [1.165, 1.54) is 11.8 Å². The minimum Gasteiger partial charge on any atom is -0.448 e. The molecule has 0 spiro atoms. The molecule has 4 rings (SSSR count). The van der Waals surface area contributed by atoms with Gasteiger partial charge < -0.3 is 10.1 Å². The zero-order chi connectivity index (χ0) is 17.9. The summed E-state index contributed by atoms with van der Waals surface area (Å²) in [5.74, 6) is 0.493. The van der Waals surface area contributed by atoms with E-state index in [4.69, 9.17) is 4.74 Å². The molecule has 6 heteroatoms. The first-order valence-corrected chi connectivity index (χ1v) is 9.51. The number of para-hydroxylation sites is 1. The van der Waals surface area contributed by atoms with E-state index in [2.05, 4.69) is 38.7 Å². The first kappa shape index (κ1) is 16.6. The van der Waals surface area contributed by atoms with Crippen molar-refractivity contribution in [1.82, 2.24) is 15.2 Å². The molecular formula is C20H18N4OS. The highest BCUT2D eigenvalue weighted by molar-refractivity contribution is 7.98. The number of hydrogen-bond donors (Lipinski definition) is 1. The van der Waals surface area contributed by atoms with E-state index in [9.17, 15) is 0 Å². The molecule has 130 valence electrons. The number of benzene rings is 2. The summed E-state index contributed by atoms with van der Waals surface area (Å²) in [6.45, 7) is 2.04. The van der Waals surface area contributed by atoms with E-state index >= 15 is 0 Å². The van der Waals surface area contributed by atoms with E-state index < -0.39 is 0 Å². The van der Waals surface area contributed by atoms with Gasteiger partial charge in [-0.05, 0) is 30.4 Å². The number of ether oxygens (including phenoxy) is 1. The highest BCUT2D eigenvalue weighted by Gasteiger charge is 2.25. The molecular weight excluding hydrogens is 344 g/mol. The van der Waals surface area contributed by atoms with Crippen LogP contribution in [0.2, 0.25) is 0 Å². The molecule has 2 aromatic carbocycles. The van der Waals surface area contributed by atoms with Gasteiger partial charge in [0.25, 0.3) is 0 Å². The van der Waals surface area contributed by atoms with E-state index in [0.717, 1.165) is 22.4 Å². The summed E-state index contributed by atoms with van der Waals surface area (Å²) in [4.78, 5) is 4.53. The van der Waals surface area contributed by atoms with Crippen LogP contribution in [0.3, 0.4) is 0 Å². The summed E-state index contributed by atoms with van der Waals surface area (Å²) < 4.78 is 6.21. The Labute approximate surface area is 156 Å². The van der Waals surface area contributed by atoms with Crippen LogP contribution in [0, 0.1) is 0 Å². The molecule has 2 heterocycles. The average molecular weight is 362 g/mol. The lowest BCUT2D eigenvalue weighted by atomic mass is 10.1. The third-order valence-corrected chi connectivity index (χ3v) is 4.66. The second-order valence-electron chi connectivity index (χ2n) is 5.94. The standard InChI is InChI=1S/C20H18N4OS/c1-13(12-14-8-4-3-5-9-14)18-21-16-11-7-6-10-15(16)17-19(25-18)22-20(26-2)24-23-17/h3-12,18,21H,1-2H3/b13-12+. The number of aromatic nitrogens is 3. The van der Waals surface area contributed by atoms with Gasteiger partial charge in [-0.3, -0.25) is 0 Å². The molecule has 1 aromatic heterocycles. The van der Waals surface area contributed by atoms with Crippen molar-refractivity contribution in [2.45, 2.75) is 18.3 Å². The number of nitrogens with one attached hydrogen (secondary N) is 1. The first-order chi connectivity index (χ1) is 12.7. The Balaban J connectivity index is 1.78. The van der Waals surface area contributed by atoms with Gasteiger partial charge in [-0.15, -0.1) is 10.2 Å². The monoisotopic (exact) mass is 362 g/mol. The van der Waals surface area contributed by atoms with Crippen molar-refractivity contribution in [3.63, 3.8) is 0 Å². The molecule has 1 aliphatic heterocycles. The molecule has 0 bridgehead atoms. The Hall–Kier alpha value is -2.86. The van der Waals surface area contributed by atoms with Gasteiger partial charge in [-0.1, -0.05) is 66.4 Å². The summed E-state index contributed by atoms with van der Waals surface area (Å²) in [5.41, 5.74) is 4.71. The zero-order valence-electron chi connectivity index (χ0n) is 14.5. The molecule has 26 heavy (non-hydrogen) atoms. The molecule has 0 saturated carbocycles. The first-order valence-electron chi connectivity index (χ1n) is 8.29. The van der Waals surface area contributed by atoms with Gasteiger partial charge in [0.15, 0.2) is 11.9 Å². The number of anilines is 1. The summed E-state index contributed by atoms with van der Waals surface area (Å²) >= 11 is 1.44. The van der Waals surface area contributed by atoms with Crippen molar-refractivity contribution in [2.24, 2.45) is 0 Å². The number of fused-ring (bicyclic) bond motifs is 3. The highest BCUT2D eigenvalue weighted by atomic mass is 32.2. The van der Waals surface area contributed by atoms with Gasteiger partial charge in [-0.2, -0.15) is 4.98 Å². The lowest BCUT2D eigenvalue weighted by Crippen LogP contribution is -2.27. The smallest absolute Gasteiger partial charge is 0.247 e. The molecule has 0 radical (unpaired) electrons. The van der Waals surface area contributed by atoms with Gasteiger partial charge >= 0.3 is 0 Å². The Kier molecular flexibility index (Phi) is 4.58. The lowest BCUT2D eigenvalue weighted by Gasteiger charge is -2.19. The quantitative estimate of drug-likeness (QED) is 0.693. The van der Waals surface area contributed by atoms with Crippen molar-refractivity contribution >= 4 is 23.5 Å². The minimum atomic E-state index is -0.344. The maximum absolute atomic E-state index is 6.21. The van der Waals surface area contributed by atoms with Gasteiger partial charge in [0.2, 0.25) is 11.0 Å². The Morgan fingerprint density at radius 3 is 2.65 bits per heavy atom. The third-order valence-electron chi connectivity index (χ3n) is 4.12. The predicted molar refractivity (Wildman–Crippen MR) is 105 cm³/mol. The Morgan fingerprint density at radius 1 is 1.08 bits per heavy atom. The van der Waals surface area contributed by atoms with Crippen molar-refractivity contribution < 1.29 is 4.74 Å². The summed E-state index contributed by atoms with van der Waals surface area (Å²) in [5, 5.41) is 12.6. The molecule has 0 fully saturated rings. The fraction of sp³-hybridized carbons (Fsp3) is 0.150. The predicted octanol–water partition coefficient (Wildman–Crippen LogP) is 4.49. The van der Waals surface area contributed by atoms with Crippen molar-refractivity contribution in [2.75, 3.05) is 11.6 Å². The van der Waals surface area contributed by atoms with Crippen LogP contribution in [0.15, 0.2) is 65.3 Å². The van der Waals surface area contributed by atoms with E-state index in [0.29, 0.717) is 16.7 Å². The van der Waals surface area contributed by atoms with Crippen molar-refractivity contribution in [1.29, 1.82) is 0 Å². The molecule has 1 atom stereocenters. The fourth-order valence-electron chi connectivity index (χ4n) is 2.83. The molecule has 5 nitrogen and oxygen atoms in total. The fourth-order valence-corrected chi connectivity index (χ4v) is 3.12. The largest absolute Gasteiger partial charge is 0.448 e. The maximum atomic E-state index is 6.21. The Morgan fingerprint density at radius 2 is 1.85 bits per heavy atom. The Bertz CT molecular complexity index is 959. The van der Waals surface area contributed by atoms with Crippen LogP contribution in [-0.2, 0) is 0 Å². The molecule has 1 N–H and O–H groups in total. The zero-order valence-corrected chi connectivity index (χ0v) is 15.3. The van der Waals surface area contributed by atoms with Crippen LogP contribution in [0.25, 0.3) is 17.3 Å².